The van der Waals surface area contributed by atoms with Crippen molar-refractivity contribution in [1.82, 2.24) is 15.6 Å². The number of hydrazine groups is 1. The van der Waals surface area contributed by atoms with E-state index in [4.69, 9.17) is 0 Å². The molecule has 1 heterocycles. The van der Waals surface area contributed by atoms with Crippen LogP contribution in [0.4, 0.5) is 0 Å². The minimum Gasteiger partial charge on any atom is -0.267 e. The Labute approximate surface area is 180 Å². The van der Waals surface area contributed by atoms with Crippen molar-refractivity contribution in [1.29, 1.82) is 0 Å². The van der Waals surface area contributed by atoms with Crippen LogP contribution in [-0.2, 0) is 16.6 Å². The highest BCUT2D eigenvalue weighted by molar-refractivity contribution is 9.11. The van der Waals surface area contributed by atoms with Crippen molar-refractivity contribution in [3.8, 4) is 0 Å². The van der Waals surface area contributed by atoms with E-state index in [0.29, 0.717) is 5.56 Å². The van der Waals surface area contributed by atoms with Gasteiger partial charge in [0.1, 0.15) is 0 Å². The minimum absolute atomic E-state index is 0.0471. The van der Waals surface area contributed by atoms with Crippen molar-refractivity contribution in [3.63, 3.8) is 0 Å². The summed E-state index contributed by atoms with van der Waals surface area (Å²) in [5, 5.41) is 1.64. The average Bonchev–Trinajstić information content (AvgIpc) is 3.17. The van der Waals surface area contributed by atoms with E-state index in [2.05, 4.69) is 31.5 Å². The van der Waals surface area contributed by atoms with Gasteiger partial charge >= 0.3 is 0 Å². The van der Waals surface area contributed by atoms with Gasteiger partial charge in [0.05, 0.1) is 14.2 Å². The van der Waals surface area contributed by atoms with Crippen molar-refractivity contribution in [2.45, 2.75) is 11.4 Å². The predicted molar refractivity (Wildman–Crippen MR) is 114 cm³/mol. The Morgan fingerprint density at radius 2 is 1.59 bits per heavy atom. The molecule has 3 aromatic rings. The first kappa shape index (κ1) is 21.2. The second-order valence-corrected chi connectivity index (χ2v) is 9.94. The number of halogens is 1. The van der Waals surface area contributed by atoms with E-state index in [1.165, 1.54) is 35.6 Å². The molecule has 0 aliphatic heterocycles. The number of thiophene rings is 1. The number of benzene rings is 2. The standard InChI is InChI=1S/C19H16BrN3O4S2/c20-17-10-15(12-28-17)19(25)23-22-18(24)14-7-4-8-16(9-14)29(26,27)21-11-13-5-2-1-3-6-13/h1-10,12,21H,11H2,(H,22,24)(H,23,25). The summed E-state index contributed by atoms with van der Waals surface area (Å²) in [5.41, 5.74) is 5.88. The van der Waals surface area contributed by atoms with Crippen LogP contribution >= 0.6 is 27.3 Å². The lowest BCUT2D eigenvalue weighted by Gasteiger charge is -2.10. The summed E-state index contributed by atoms with van der Waals surface area (Å²) in [6.45, 7) is 0.131. The van der Waals surface area contributed by atoms with E-state index in [1.807, 2.05) is 18.2 Å². The monoisotopic (exact) mass is 493 g/mol. The van der Waals surface area contributed by atoms with Crippen LogP contribution in [0.3, 0.4) is 0 Å². The van der Waals surface area contributed by atoms with E-state index in [0.717, 1.165) is 9.35 Å². The summed E-state index contributed by atoms with van der Waals surface area (Å²) in [6.07, 6.45) is 0. The Kier molecular flexibility index (Phi) is 6.80. The molecule has 0 spiro atoms. The van der Waals surface area contributed by atoms with E-state index in [9.17, 15) is 18.0 Å². The van der Waals surface area contributed by atoms with Gasteiger partial charge in [0.25, 0.3) is 11.8 Å². The molecule has 1 aromatic heterocycles. The third-order valence-corrected chi connectivity index (χ3v) is 6.74. The van der Waals surface area contributed by atoms with Crippen molar-refractivity contribution < 1.29 is 18.0 Å². The van der Waals surface area contributed by atoms with Gasteiger partial charge < -0.3 is 0 Å². The lowest BCUT2D eigenvalue weighted by molar-refractivity contribution is 0.0847. The van der Waals surface area contributed by atoms with Crippen LogP contribution in [0.15, 0.2) is 74.7 Å². The Bertz CT molecular complexity index is 1130. The summed E-state index contributed by atoms with van der Waals surface area (Å²) in [4.78, 5) is 24.2. The molecule has 3 N–H and O–H groups in total. The summed E-state index contributed by atoms with van der Waals surface area (Å²) < 4.78 is 28.3. The van der Waals surface area contributed by atoms with Crippen LogP contribution in [-0.4, -0.2) is 20.2 Å². The molecule has 2 amide bonds. The van der Waals surface area contributed by atoms with Gasteiger partial charge in [-0.3, -0.25) is 20.4 Å². The lowest BCUT2D eigenvalue weighted by atomic mass is 10.2. The zero-order chi connectivity index (χ0) is 20.9. The molecule has 0 radical (unpaired) electrons. The van der Waals surface area contributed by atoms with Crippen molar-refractivity contribution in [2.75, 3.05) is 0 Å². The molecule has 0 aliphatic carbocycles. The SMILES string of the molecule is O=C(NNC(=O)c1csc(Br)c1)c1cccc(S(=O)(=O)NCc2ccccc2)c1. The Morgan fingerprint density at radius 3 is 2.24 bits per heavy atom. The van der Waals surface area contributed by atoms with Gasteiger partial charge in [-0.2, -0.15) is 0 Å². The van der Waals surface area contributed by atoms with Gasteiger partial charge in [-0.15, -0.1) is 11.3 Å². The Morgan fingerprint density at radius 1 is 0.897 bits per heavy atom. The molecule has 0 saturated heterocycles. The van der Waals surface area contributed by atoms with Crippen molar-refractivity contribution in [3.05, 3.63) is 86.5 Å². The van der Waals surface area contributed by atoms with Gasteiger partial charge in [-0.25, -0.2) is 13.1 Å². The van der Waals surface area contributed by atoms with Crippen molar-refractivity contribution >= 4 is 49.1 Å². The number of hydrogen-bond acceptors (Lipinski definition) is 5. The number of amides is 2. The maximum atomic E-state index is 12.5. The summed E-state index contributed by atoms with van der Waals surface area (Å²) in [6, 6.07) is 16.3. The normalized spacial score (nSPS) is 11.1. The number of sulfonamides is 1. The van der Waals surface area contributed by atoms with E-state index < -0.39 is 21.8 Å². The maximum Gasteiger partial charge on any atom is 0.270 e. The van der Waals surface area contributed by atoms with Gasteiger partial charge in [0.2, 0.25) is 10.0 Å². The zero-order valence-electron chi connectivity index (χ0n) is 14.9. The molecule has 150 valence electrons. The van der Waals surface area contributed by atoms with Crippen LogP contribution in [0.1, 0.15) is 26.3 Å². The largest absolute Gasteiger partial charge is 0.270 e. The molecule has 29 heavy (non-hydrogen) atoms. The average molecular weight is 494 g/mol. The topological polar surface area (TPSA) is 104 Å². The van der Waals surface area contributed by atoms with E-state index in [1.54, 1.807) is 23.6 Å². The first-order valence-corrected chi connectivity index (χ1v) is 11.5. The number of hydrogen-bond donors (Lipinski definition) is 3. The van der Waals surface area contributed by atoms with E-state index in [-0.39, 0.29) is 17.0 Å². The van der Waals surface area contributed by atoms with Gasteiger partial charge in [0, 0.05) is 17.5 Å². The van der Waals surface area contributed by atoms with Crippen molar-refractivity contribution in [2.24, 2.45) is 0 Å². The molecule has 10 heteroatoms. The maximum absolute atomic E-state index is 12.5. The first-order valence-electron chi connectivity index (χ1n) is 8.33. The van der Waals surface area contributed by atoms with Crippen LogP contribution in [0.5, 0.6) is 0 Å². The highest BCUT2D eigenvalue weighted by Gasteiger charge is 2.17. The fourth-order valence-corrected chi connectivity index (χ4v) is 4.55. The van der Waals surface area contributed by atoms with Crippen LogP contribution in [0.25, 0.3) is 0 Å². The lowest BCUT2D eigenvalue weighted by Crippen LogP contribution is -2.41. The van der Waals surface area contributed by atoms with Gasteiger partial charge in [-0.05, 0) is 45.8 Å². The van der Waals surface area contributed by atoms with Gasteiger partial charge in [-0.1, -0.05) is 36.4 Å². The fourth-order valence-electron chi connectivity index (χ4n) is 2.35. The third kappa shape index (κ3) is 5.73. The quantitative estimate of drug-likeness (QED) is 0.459. The molecule has 7 nitrogen and oxygen atoms in total. The number of carbonyl (C=O) groups is 2. The third-order valence-electron chi connectivity index (χ3n) is 3.83. The van der Waals surface area contributed by atoms with E-state index >= 15 is 0 Å². The number of carbonyl (C=O) groups excluding carboxylic acids is 2. The molecule has 0 atom stereocenters. The molecular weight excluding hydrogens is 478 g/mol. The zero-order valence-corrected chi connectivity index (χ0v) is 18.1. The van der Waals surface area contributed by atoms with Gasteiger partial charge in [0.15, 0.2) is 0 Å². The van der Waals surface area contributed by atoms with Crippen LogP contribution in [0.2, 0.25) is 0 Å². The molecule has 0 aliphatic rings. The summed E-state index contributed by atoms with van der Waals surface area (Å²) in [5.74, 6) is -1.11. The Hall–Kier alpha value is -2.53. The molecule has 0 unspecified atom stereocenters. The molecule has 3 rings (SSSR count). The van der Waals surface area contributed by atoms with Crippen LogP contribution in [0, 0.1) is 0 Å². The highest BCUT2D eigenvalue weighted by Crippen LogP contribution is 2.20. The van der Waals surface area contributed by atoms with Crippen LogP contribution < -0.4 is 15.6 Å². The molecule has 0 fully saturated rings. The first-order chi connectivity index (χ1) is 13.8. The minimum atomic E-state index is -3.81. The summed E-state index contributed by atoms with van der Waals surface area (Å²) in [7, 11) is -3.81. The molecule has 0 bridgehead atoms. The summed E-state index contributed by atoms with van der Waals surface area (Å²) >= 11 is 4.60. The number of rotatable bonds is 6. The Balaban J connectivity index is 1.64. The second kappa shape index (κ2) is 9.31. The molecule has 0 saturated carbocycles. The molecule has 2 aromatic carbocycles. The second-order valence-electron chi connectivity index (χ2n) is 5.89. The number of nitrogens with one attached hydrogen (secondary N) is 3. The fraction of sp³-hybridized carbons (Fsp3) is 0.0526. The highest BCUT2D eigenvalue weighted by atomic mass is 79.9. The predicted octanol–water partition coefficient (Wildman–Crippen LogP) is 3.06. The smallest absolute Gasteiger partial charge is 0.267 e. The molecular formula is C19H16BrN3O4S2.